The van der Waals surface area contributed by atoms with Crippen molar-refractivity contribution in [1.29, 1.82) is 0 Å². The summed E-state index contributed by atoms with van der Waals surface area (Å²) in [5.41, 5.74) is 0.331. The van der Waals surface area contributed by atoms with Gasteiger partial charge in [-0.1, -0.05) is 12.1 Å². The van der Waals surface area contributed by atoms with E-state index in [1.54, 1.807) is 18.2 Å². The van der Waals surface area contributed by atoms with Gasteiger partial charge in [-0.05, 0) is 12.1 Å². The second-order valence-electron chi connectivity index (χ2n) is 1.68. The van der Waals surface area contributed by atoms with Crippen LogP contribution in [-0.2, 0) is 0 Å². The molecule has 0 amide bonds. The standard InChI is InChI=1S/C7H6O2.K.H/c8-5-6-3-1-2-4-7(6)9;;/h1-5,9H;;/q;+1;-1. The summed E-state index contributed by atoms with van der Waals surface area (Å²) >= 11 is 0. The second-order valence-corrected chi connectivity index (χ2v) is 1.68. The van der Waals surface area contributed by atoms with Crippen LogP contribution in [0.1, 0.15) is 11.8 Å². The molecule has 0 aliphatic heterocycles. The van der Waals surface area contributed by atoms with Crippen LogP contribution in [0.3, 0.4) is 0 Å². The number of aldehydes is 1. The molecule has 0 saturated heterocycles. The summed E-state index contributed by atoms with van der Waals surface area (Å²) < 4.78 is 0. The van der Waals surface area contributed by atoms with Crippen LogP contribution in [0.5, 0.6) is 5.75 Å². The minimum absolute atomic E-state index is 0. The molecule has 0 heterocycles. The molecule has 1 aromatic carbocycles. The first-order chi connectivity index (χ1) is 4.34. The van der Waals surface area contributed by atoms with Gasteiger partial charge in [0.2, 0.25) is 0 Å². The van der Waals surface area contributed by atoms with E-state index < -0.39 is 0 Å². The Morgan fingerprint density at radius 3 is 2.40 bits per heavy atom. The van der Waals surface area contributed by atoms with Crippen LogP contribution in [0.2, 0.25) is 0 Å². The predicted molar refractivity (Wildman–Crippen MR) is 34.6 cm³/mol. The van der Waals surface area contributed by atoms with E-state index in [0.29, 0.717) is 11.8 Å². The molecule has 0 atom stereocenters. The fourth-order valence-corrected chi connectivity index (χ4v) is 0.587. The Morgan fingerprint density at radius 1 is 1.40 bits per heavy atom. The summed E-state index contributed by atoms with van der Waals surface area (Å²) in [5, 5.41) is 8.88. The van der Waals surface area contributed by atoms with Gasteiger partial charge in [0.15, 0.2) is 6.29 Å². The van der Waals surface area contributed by atoms with Crippen LogP contribution < -0.4 is 51.4 Å². The molecule has 2 nitrogen and oxygen atoms in total. The molecule has 0 fully saturated rings. The number of aromatic hydroxyl groups is 1. The Hall–Kier alpha value is 0.326. The largest absolute Gasteiger partial charge is 1.00 e. The van der Waals surface area contributed by atoms with Crippen molar-refractivity contribution in [1.82, 2.24) is 0 Å². The average Bonchev–Trinajstić information content (AvgIpc) is 1.89. The molecule has 0 spiro atoms. The number of benzene rings is 1. The fraction of sp³-hybridized carbons (Fsp3) is 0. The Balaban J connectivity index is 0. The van der Waals surface area contributed by atoms with Gasteiger partial charge in [-0.2, -0.15) is 0 Å². The van der Waals surface area contributed by atoms with E-state index in [1.165, 1.54) is 6.07 Å². The number of phenols is 1. The van der Waals surface area contributed by atoms with Gasteiger partial charge in [0.05, 0.1) is 5.56 Å². The normalized spacial score (nSPS) is 8.00. The minimum Gasteiger partial charge on any atom is -1.00 e. The van der Waals surface area contributed by atoms with Gasteiger partial charge >= 0.3 is 51.4 Å². The molecule has 0 unspecified atom stereocenters. The number of phenolic OH excluding ortho intramolecular Hbond substituents is 1. The number of rotatable bonds is 1. The van der Waals surface area contributed by atoms with Gasteiger partial charge in [0, 0.05) is 0 Å². The summed E-state index contributed by atoms with van der Waals surface area (Å²) in [5.74, 6) is 0.0347. The number of hydrogen-bond donors (Lipinski definition) is 1. The quantitative estimate of drug-likeness (QED) is 0.396. The van der Waals surface area contributed by atoms with Crippen molar-refractivity contribution in [3.8, 4) is 5.75 Å². The van der Waals surface area contributed by atoms with E-state index in [2.05, 4.69) is 0 Å². The average molecular weight is 162 g/mol. The van der Waals surface area contributed by atoms with Gasteiger partial charge in [-0.15, -0.1) is 0 Å². The van der Waals surface area contributed by atoms with Crippen molar-refractivity contribution in [3.63, 3.8) is 0 Å². The molecule has 0 aromatic heterocycles. The monoisotopic (exact) mass is 162 g/mol. The molecule has 0 radical (unpaired) electrons. The molecular weight excluding hydrogens is 155 g/mol. The molecule has 0 aliphatic carbocycles. The fourth-order valence-electron chi connectivity index (χ4n) is 0.587. The van der Waals surface area contributed by atoms with Crippen LogP contribution in [0.25, 0.3) is 0 Å². The van der Waals surface area contributed by atoms with Crippen LogP contribution in [0.4, 0.5) is 0 Å². The molecule has 1 rings (SSSR count). The van der Waals surface area contributed by atoms with E-state index in [9.17, 15) is 4.79 Å². The smallest absolute Gasteiger partial charge is 1.00 e. The maximum absolute atomic E-state index is 10.1. The van der Waals surface area contributed by atoms with Crippen LogP contribution in [-0.4, -0.2) is 11.4 Å². The van der Waals surface area contributed by atoms with Gasteiger partial charge in [0.1, 0.15) is 5.75 Å². The van der Waals surface area contributed by atoms with E-state index in [1.807, 2.05) is 0 Å². The third kappa shape index (κ3) is 2.52. The van der Waals surface area contributed by atoms with Crippen LogP contribution in [0, 0.1) is 0 Å². The second kappa shape index (κ2) is 5.04. The molecule has 1 aromatic rings. The minimum atomic E-state index is 0. The third-order valence-electron chi connectivity index (χ3n) is 1.06. The first-order valence-electron chi connectivity index (χ1n) is 2.58. The van der Waals surface area contributed by atoms with Crippen molar-refractivity contribution in [2.24, 2.45) is 0 Å². The van der Waals surface area contributed by atoms with Gasteiger partial charge in [0.25, 0.3) is 0 Å². The van der Waals surface area contributed by atoms with Gasteiger partial charge in [-0.25, -0.2) is 0 Å². The van der Waals surface area contributed by atoms with Crippen molar-refractivity contribution < 1.29 is 62.7 Å². The molecule has 48 valence electrons. The zero-order valence-electron chi connectivity index (χ0n) is 6.74. The molecule has 0 saturated carbocycles. The van der Waals surface area contributed by atoms with E-state index >= 15 is 0 Å². The van der Waals surface area contributed by atoms with Crippen molar-refractivity contribution in [2.75, 3.05) is 0 Å². The summed E-state index contributed by atoms with van der Waals surface area (Å²) in [4.78, 5) is 10.1. The zero-order valence-corrected chi connectivity index (χ0v) is 8.87. The van der Waals surface area contributed by atoms with Crippen molar-refractivity contribution >= 4 is 6.29 Å². The Bertz CT molecular complexity index is 227. The number of carbonyl (C=O) groups excluding carboxylic acids is 1. The molecule has 3 heteroatoms. The number of carbonyl (C=O) groups is 1. The molecular formula is C7H7KO2. The van der Waals surface area contributed by atoms with Crippen molar-refractivity contribution in [3.05, 3.63) is 29.8 Å². The van der Waals surface area contributed by atoms with Gasteiger partial charge < -0.3 is 6.53 Å². The number of hydrogen-bond acceptors (Lipinski definition) is 2. The summed E-state index contributed by atoms with van der Waals surface area (Å²) in [7, 11) is 0. The Labute approximate surface area is 103 Å². The third-order valence-corrected chi connectivity index (χ3v) is 1.06. The zero-order chi connectivity index (χ0) is 6.69. The van der Waals surface area contributed by atoms with E-state index in [4.69, 9.17) is 5.11 Å². The molecule has 0 aliphatic rings. The Morgan fingerprint density at radius 2 is 2.00 bits per heavy atom. The van der Waals surface area contributed by atoms with Crippen molar-refractivity contribution in [2.45, 2.75) is 0 Å². The topological polar surface area (TPSA) is 37.3 Å². The molecule has 10 heavy (non-hydrogen) atoms. The summed E-state index contributed by atoms with van der Waals surface area (Å²) in [6.45, 7) is 0. The molecule has 0 bridgehead atoms. The summed E-state index contributed by atoms with van der Waals surface area (Å²) in [6, 6.07) is 6.40. The first kappa shape index (κ1) is 10.3. The van der Waals surface area contributed by atoms with E-state index in [-0.39, 0.29) is 58.6 Å². The van der Waals surface area contributed by atoms with E-state index in [0.717, 1.165) is 0 Å². The first-order valence-corrected chi connectivity index (χ1v) is 2.58. The van der Waals surface area contributed by atoms with Crippen LogP contribution in [0.15, 0.2) is 24.3 Å². The maximum Gasteiger partial charge on any atom is 1.00 e. The predicted octanol–water partition coefficient (Wildman–Crippen LogP) is -1.68. The maximum atomic E-state index is 10.1. The SMILES string of the molecule is O=Cc1ccccc1O.[H-].[K+]. The number of para-hydroxylation sites is 1. The Kier molecular flexibility index (Phi) is 5.20. The van der Waals surface area contributed by atoms with Crippen LogP contribution >= 0.6 is 0 Å². The molecule has 1 N–H and O–H groups in total. The summed E-state index contributed by atoms with van der Waals surface area (Å²) in [6.07, 6.45) is 0.620. The van der Waals surface area contributed by atoms with Gasteiger partial charge in [-0.3, -0.25) is 4.79 Å².